The Morgan fingerprint density at radius 1 is 0.582 bits per heavy atom. The molecule has 7 amide bonds. The van der Waals surface area contributed by atoms with Gasteiger partial charge in [0, 0.05) is 31.3 Å². The summed E-state index contributed by atoms with van der Waals surface area (Å²) in [5.74, 6) is -5.93. The first-order chi connectivity index (χ1) is 26.1. The standard InChI is InChI=1S/C35H50N8O10S2/c1-19(45)38-29(18-55)35(53)41-25(14-20-5-9-22(46)10-6-20)32(50)42-27(16-44)34(52)39-24(4-2-3-13-36)31(49)40-26(15-21-7-11-23(47)12-8-21)33(51)43-28(17-54)30(37)48/h5-12,24-29,44,46-47,54-55H,2-4,13-18,36H2,1H3,(H2,37,48)(H,38,45)(H,39,52)(H,40,49)(H,41,53)(H,42,50)(H,43,51)/t24-,25-,26-,27-,28-,29-/m0/s1. The maximum atomic E-state index is 13.7. The summed E-state index contributed by atoms with van der Waals surface area (Å²) in [5.41, 5.74) is 12.0. The molecule has 13 N–H and O–H groups in total. The summed E-state index contributed by atoms with van der Waals surface area (Å²) in [4.78, 5) is 90.7. The highest BCUT2D eigenvalue weighted by atomic mass is 32.1. The average Bonchev–Trinajstić information content (AvgIpc) is 3.15. The molecule has 302 valence electrons. The summed E-state index contributed by atoms with van der Waals surface area (Å²) in [6.07, 6.45) is 0.617. The third kappa shape index (κ3) is 16.1. The lowest BCUT2D eigenvalue weighted by atomic mass is 10.0. The van der Waals surface area contributed by atoms with Crippen molar-refractivity contribution in [3.8, 4) is 11.5 Å². The fraction of sp³-hybridized carbons (Fsp3) is 0.457. The number of aliphatic hydroxyl groups excluding tert-OH is 1. The quantitative estimate of drug-likeness (QED) is 0.0404. The van der Waals surface area contributed by atoms with E-state index in [4.69, 9.17) is 11.5 Å². The SMILES string of the molecule is CC(=O)N[C@@H](CS)C(=O)N[C@@H](Cc1ccc(O)cc1)C(=O)N[C@@H](CO)C(=O)N[C@@H](CCCCN)C(=O)N[C@@H](Cc1ccc(O)cc1)C(=O)N[C@@H](CS)C(N)=O. The number of nitrogens with two attached hydrogens (primary N) is 2. The number of carbonyl (C=O) groups excluding carboxylic acids is 7. The molecule has 6 atom stereocenters. The van der Waals surface area contributed by atoms with Gasteiger partial charge in [-0.2, -0.15) is 25.3 Å². The van der Waals surface area contributed by atoms with Crippen molar-refractivity contribution in [1.29, 1.82) is 0 Å². The van der Waals surface area contributed by atoms with E-state index in [0.717, 1.165) is 0 Å². The van der Waals surface area contributed by atoms with Crippen LogP contribution in [0.15, 0.2) is 48.5 Å². The normalized spacial score (nSPS) is 14.1. The van der Waals surface area contributed by atoms with Crippen LogP contribution in [0.4, 0.5) is 0 Å². The molecule has 0 bridgehead atoms. The van der Waals surface area contributed by atoms with Crippen molar-refractivity contribution in [3.05, 3.63) is 59.7 Å². The van der Waals surface area contributed by atoms with Crippen LogP contribution in [0.2, 0.25) is 0 Å². The monoisotopic (exact) mass is 806 g/mol. The number of unbranched alkanes of at least 4 members (excludes halogenated alkanes) is 1. The second-order valence-electron chi connectivity index (χ2n) is 12.5. The molecule has 2 aromatic carbocycles. The number of hydrogen-bond acceptors (Lipinski definition) is 13. The molecule has 0 saturated carbocycles. The average molecular weight is 807 g/mol. The van der Waals surface area contributed by atoms with Crippen molar-refractivity contribution in [3.63, 3.8) is 0 Å². The Kier molecular flexibility index (Phi) is 19.8. The molecule has 0 radical (unpaired) electrons. The molecule has 18 nitrogen and oxygen atoms in total. The van der Waals surface area contributed by atoms with Gasteiger partial charge in [-0.3, -0.25) is 33.6 Å². The van der Waals surface area contributed by atoms with Crippen LogP contribution in [0.25, 0.3) is 0 Å². The molecule has 0 heterocycles. The Labute approximate surface area is 329 Å². The van der Waals surface area contributed by atoms with Crippen LogP contribution >= 0.6 is 25.3 Å². The number of phenols is 2. The molecule has 55 heavy (non-hydrogen) atoms. The first-order valence-electron chi connectivity index (χ1n) is 17.3. The van der Waals surface area contributed by atoms with Gasteiger partial charge in [0.15, 0.2) is 0 Å². The Morgan fingerprint density at radius 3 is 1.36 bits per heavy atom. The zero-order valence-electron chi connectivity index (χ0n) is 30.2. The highest BCUT2D eigenvalue weighted by molar-refractivity contribution is 7.80. The van der Waals surface area contributed by atoms with Gasteiger partial charge in [0.1, 0.15) is 47.8 Å². The molecule has 0 aliphatic heterocycles. The lowest BCUT2D eigenvalue weighted by Crippen LogP contribution is -2.61. The van der Waals surface area contributed by atoms with E-state index in [2.05, 4.69) is 57.2 Å². The number of hydrogen-bond donors (Lipinski definition) is 13. The maximum Gasteiger partial charge on any atom is 0.245 e. The number of nitrogens with one attached hydrogen (secondary N) is 6. The largest absolute Gasteiger partial charge is 0.508 e. The molecular weight excluding hydrogens is 757 g/mol. The number of carbonyl (C=O) groups is 7. The first-order valence-corrected chi connectivity index (χ1v) is 18.6. The van der Waals surface area contributed by atoms with Gasteiger partial charge in [-0.15, -0.1) is 0 Å². The highest BCUT2D eigenvalue weighted by Gasteiger charge is 2.33. The van der Waals surface area contributed by atoms with Crippen molar-refractivity contribution in [2.75, 3.05) is 24.7 Å². The molecule has 0 saturated heterocycles. The van der Waals surface area contributed by atoms with E-state index in [1.165, 1.54) is 55.5 Å². The van der Waals surface area contributed by atoms with E-state index >= 15 is 0 Å². The summed E-state index contributed by atoms with van der Waals surface area (Å²) in [5, 5.41) is 44.5. The predicted octanol–water partition coefficient (Wildman–Crippen LogP) is -2.72. The zero-order chi connectivity index (χ0) is 41.1. The van der Waals surface area contributed by atoms with Crippen molar-refractivity contribution in [2.45, 2.75) is 75.3 Å². The van der Waals surface area contributed by atoms with Crippen LogP contribution in [0.5, 0.6) is 11.5 Å². The molecule has 0 fully saturated rings. The van der Waals surface area contributed by atoms with Crippen molar-refractivity contribution in [1.82, 2.24) is 31.9 Å². The minimum absolute atomic E-state index is 0.0305. The molecule has 0 aliphatic rings. The van der Waals surface area contributed by atoms with Gasteiger partial charge in [0.05, 0.1) is 6.61 Å². The minimum atomic E-state index is -1.63. The van der Waals surface area contributed by atoms with Crippen molar-refractivity contribution >= 4 is 66.6 Å². The van der Waals surface area contributed by atoms with E-state index in [0.29, 0.717) is 24.0 Å². The Hall–Kier alpha value is -5.05. The lowest BCUT2D eigenvalue weighted by Gasteiger charge is -2.27. The number of thiol groups is 2. The number of primary amides is 1. The van der Waals surface area contributed by atoms with Crippen LogP contribution in [0.3, 0.4) is 0 Å². The summed E-state index contributed by atoms with van der Waals surface area (Å²) in [6.45, 7) is 0.543. The van der Waals surface area contributed by atoms with Gasteiger partial charge < -0.3 is 58.7 Å². The molecule has 0 aliphatic carbocycles. The summed E-state index contributed by atoms with van der Waals surface area (Å²) < 4.78 is 0. The molecule has 20 heteroatoms. The number of benzene rings is 2. The number of amides is 7. The Balaban J connectivity index is 2.33. The van der Waals surface area contributed by atoms with E-state index in [-0.39, 0.29) is 48.8 Å². The lowest BCUT2D eigenvalue weighted by molar-refractivity contribution is -0.135. The van der Waals surface area contributed by atoms with Gasteiger partial charge in [0.2, 0.25) is 41.4 Å². The second-order valence-corrected chi connectivity index (χ2v) is 13.3. The summed E-state index contributed by atoms with van der Waals surface area (Å²) in [7, 11) is 0. The molecule has 2 rings (SSSR count). The first kappa shape index (κ1) is 46.1. The van der Waals surface area contributed by atoms with Gasteiger partial charge in [-0.25, -0.2) is 0 Å². The van der Waals surface area contributed by atoms with E-state index in [1.807, 2.05) is 0 Å². The van der Waals surface area contributed by atoms with Crippen LogP contribution in [0.1, 0.15) is 37.3 Å². The van der Waals surface area contributed by atoms with Gasteiger partial charge in [0.25, 0.3) is 0 Å². The maximum absolute atomic E-state index is 13.7. The molecule has 0 unspecified atom stereocenters. The van der Waals surface area contributed by atoms with Crippen LogP contribution in [-0.2, 0) is 46.4 Å². The summed E-state index contributed by atoms with van der Waals surface area (Å²) in [6, 6.07) is 3.71. The number of aromatic hydroxyl groups is 2. The molecular formula is C35H50N8O10S2. The molecule has 0 spiro atoms. The topological polar surface area (TPSA) is 304 Å². The van der Waals surface area contributed by atoms with Gasteiger partial charge in [-0.1, -0.05) is 24.3 Å². The fourth-order valence-electron chi connectivity index (χ4n) is 5.12. The van der Waals surface area contributed by atoms with Crippen molar-refractivity contribution in [2.24, 2.45) is 11.5 Å². The third-order valence-electron chi connectivity index (χ3n) is 8.13. The summed E-state index contributed by atoms with van der Waals surface area (Å²) >= 11 is 8.14. The molecule has 0 aromatic heterocycles. The Bertz CT molecular complexity index is 1620. The second kappa shape index (κ2) is 23.7. The van der Waals surface area contributed by atoms with Gasteiger partial charge in [-0.05, 0) is 61.2 Å². The fourth-order valence-corrected chi connectivity index (χ4v) is 5.65. The highest BCUT2D eigenvalue weighted by Crippen LogP contribution is 2.14. The smallest absolute Gasteiger partial charge is 0.245 e. The van der Waals surface area contributed by atoms with E-state index < -0.39 is 84.2 Å². The van der Waals surface area contributed by atoms with E-state index in [9.17, 15) is 48.9 Å². The minimum Gasteiger partial charge on any atom is -0.508 e. The third-order valence-corrected chi connectivity index (χ3v) is 8.86. The van der Waals surface area contributed by atoms with Crippen LogP contribution in [0, 0.1) is 0 Å². The number of phenolic OH excluding ortho intramolecular Hbond substituents is 2. The van der Waals surface area contributed by atoms with Crippen LogP contribution in [-0.4, -0.2) is 118 Å². The molecule has 2 aromatic rings. The number of aliphatic hydroxyl groups is 1. The van der Waals surface area contributed by atoms with Crippen LogP contribution < -0.4 is 43.4 Å². The zero-order valence-corrected chi connectivity index (χ0v) is 32.0. The predicted molar refractivity (Wildman–Crippen MR) is 208 cm³/mol. The van der Waals surface area contributed by atoms with E-state index in [1.54, 1.807) is 0 Å². The Morgan fingerprint density at radius 2 is 0.964 bits per heavy atom. The van der Waals surface area contributed by atoms with Crippen molar-refractivity contribution < 1.29 is 48.9 Å². The van der Waals surface area contributed by atoms with Gasteiger partial charge >= 0.3 is 0 Å². The number of rotatable bonds is 23.